The van der Waals surface area contributed by atoms with E-state index in [1.807, 2.05) is 18.2 Å². The quantitative estimate of drug-likeness (QED) is 0.0906. The van der Waals surface area contributed by atoms with Gasteiger partial charge in [-0.05, 0) is 38.3 Å². The Hall–Kier alpha value is -3.60. The molecule has 4 saturated heterocycles. The first kappa shape index (κ1) is 43.0. The zero-order chi connectivity index (χ0) is 41.1. The van der Waals surface area contributed by atoms with E-state index in [2.05, 4.69) is 10.6 Å². The van der Waals surface area contributed by atoms with Crippen LogP contribution in [0.15, 0.2) is 30.3 Å². The van der Waals surface area contributed by atoms with E-state index >= 15 is 0 Å². The Bertz CT molecular complexity index is 1640. The van der Waals surface area contributed by atoms with E-state index in [4.69, 9.17) is 33.3 Å². The number of nitrogens with zero attached hydrogens (tertiary/aromatic N) is 1. The van der Waals surface area contributed by atoms with Crippen LogP contribution in [0.25, 0.3) is 6.08 Å². The molecule has 1 aromatic carbocycles. The molecule has 316 valence electrons. The third-order valence-electron chi connectivity index (χ3n) is 10.6. The number of aliphatic hydroxyl groups excluding tert-OH is 5. The van der Waals surface area contributed by atoms with Crippen molar-refractivity contribution in [3.63, 3.8) is 0 Å². The van der Waals surface area contributed by atoms with Gasteiger partial charge in [0.25, 0.3) is 0 Å². The highest BCUT2D eigenvalue weighted by atomic mass is 16.8. The Morgan fingerprint density at radius 3 is 2.58 bits per heavy atom. The molecule has 0 spiro atoms. The zero-order valence-corrected chi connectivity index (χ0v) is 32.1. The van der Waals surface area contributed by atoms with Gasteiger partial charge in [0.1, 0.15) is 66.6 Å². The number of hydrogen-bond donors (Lipinski definition) is 7. The average molecular weight is 808 g/mol. The molecule has 57 heavy (non-hydrogen) atoms. The minimum absolute atomic E-state index is 0.00298. The lowest BCUT2D eigenvalue weighted by Crippen LogP contribution is -2.69. The van der Waals surface area contributed by atoms with Gasteiger partial charge in [-0.15, -0.1) is 0 Å². The summed E-state index contributed by atoms with van der Waals surface area (Å²) < 4.78 is 33.7. The minimum atomic E-state index is -1.56. The number of aliphatic hydroxyl groups is 5. The van der Waals surface area contributed by atoms with Crippen LogP contribution in [0.5, 0.6) is 0 Å². The molecule has 12 atom stereocenters. The van der Waals surface area contributed by atoms with Crippen molar-refractivity contribution in [3.8, 4) is 0 Å². The standard InChI is InChI=1S/C38H53N3O16/c1-37(2,3)56-26(45)10-9-22(17-42)40-25(44)11-12-39-36(50)38-15-23-30-31(53-19-52-30)33(38)57-41(32(38)34(49)54-23)16-21-7-4-6-20(14-21)8-5-13-51-35-29(48)28(47)27(46)24(18-43)55-35/h4-8,14,22-24,27-33,35,42-43,46-48H,9-13,15-19H2,1-3H3,(H,39,50)(H,40,44)/t22-,23+,24+,27-,28-,29+,30-,31-,32-,33+,35-,38-/m0/s1. The van der Waals surface area contributed by atoms with Gasteiger partial charge >= 0.3 is 11.9 Å². The van der Waals surface area contributed by atoms with Crippen molar-refractivity contribution in [3.05, 3.63) is 41.5 Å². The van der Waals surface area contributed by atoms with E-state index in [1.165, 1.54) is 5.06 Å². The SMILES string of the molecule is CC(C)(C)OC(=O)CC[C@@H](CO)NC(=O)CCNC(=O)[C@@]12C[C@H]3OC(=O)[C@@H]1N(Cc1cccc(C=CCO[C@H]4O[C@H](CO)[C@H](O)[C@H](O)[C@H]4O)c1)O[C@@H]2[C@H]1OCO[C@H]13. The first-order valence-corrected chi connectivity index (χ1v) is 19.1. The predicted octanol–water partition coefficient (Wildman–Crippen LogP) is -1.84. The van der Waals surface area contributed by atoms with Crippen LogP contribution in [-0.4, -0.2) is 160 Å². The highest BCUT2D eigenvalue weighted by Gasteiger charge is 2.74. The number of rotatable bonds is 16. The smallest absolute Gasteiger partial charge is 0.327 e. The maximum absolute atomic E-state index is 14.3. The number of hydroxylamine groups is 2. The normalized spacial score (nSPS) is 34.1. The molecule has 2 bridgehead atoms. The van der Waals surface area contributed by atoms with Gasteiger partial charge in [-0.25, -0.2) is 0 Å². The molecular formula is C38H53N3O16. The number of ether oxygens (including phenoxy) is 6. The summed E-state index contributed by atoms with van der Waals surface area (Å²) in [5.41, 5.74) is -0.644. The second-order valence-electron chi connectivity index (χ2n) is 15.9. The number of amides is 2. The number of carbonyl (C=O) groups is 4. The Morgan fingerprint density at radius 1 is 1.07 bits per heavy atom. The van der Waals surface area contributed by atoms with Gasteiger partial charge in [0.05, 0.1) is 32.4 Å². The molecule has 19 heteroatoms. The first-order chi connectivity index (χ1) is 27.1. The van der Waals surface area contributed by atoms with Gasteiger partial charge in [-0.1, -0.05) is 36.4 Å². The molecule has 0 aromatic heterocycles. The van der Waals surface area contributed by atoms with E-state index < -0.39 is 115 Å². The molecule has 5 aliphatic rings. The Kier molecular flexibility index (Phi) is 13.7. The number of carbonyl (C=O) groups excluding carboxylic acids is 4. The molecule has 6 rings (SSSR count). The highest BCUT2D eigenvalue weighted by Crippen LogP contribution is 2.55. The van der Waals surface area contributed by atoms with Crippen molar-refractivity contribution in [2.24, 2.45) is 5.41 Å². The summed E-state index contributed by atoms with van der Waals surface area (Å²) in [4.78, 5) is 59.3. The Balaban J connectivity index is 1.08. The number of benzene rings is 1. The molecule has 0 radical (unpaired) electrons. The summed E-state index contributed by atoms with van der Waals surface area (Å²) in [7, 11) is 0. The number of nitrogens with one attached hydrogen (secondary N) is 2. The molecule has 4 heterocycles. The van der Waals surface area contributed by atoms with Crippen LogP contribution in [0.2, 0.25) is 0 Å². The maximum atomic E-state index is 14.3. The first-order valence-electron chi connectivity index (χ1n) is 19.1. The summed E-state index contributed by atoms with van der Waals surface area (Å²) in [6.07, 6.45) is -6.49. The molecule has 7 N–H and O–H groups in total. The molecule has 19 nitrogen and oxygen atoms in total. The van der Waals surface area contributed by atoms with Crippen molar-refractivity contribution in [1.29, 1.82) is 0 Å². The van der Waals surface area contributed by atoms with Gasteiger partial charge in [0.15, 0.2) is 12.3 Å². The summed E-state index contributed by atoms with van der Waals surface area (Å²) in [6.45, 7) is 4.14. The van der Waals surface area contributed by atoms with Gasteiger partial charge in [0.2, 0.25) is 11.8 Å². The minimum Gasteiger partial charge on any atom is -0.460 e. The zero-order valence-electron chi connectivity index (χ0n) is 32.1. The van der Waals surface area contributed by atoms with Crippen molar-refractivity contribution in [2.75, 3.05) is 33.2 Å². The molecule has 5 fully saturated rings. The topological polar surface area (TPSA) is 261 Å². The maximum Gasteiger partial charge on any atom is 0.327 e. The fourth-order valence-corrected chi connectivity index (χ4v) is 8.00. The van der Waals surface area contributed by atoms with Crippen molar-refractivity contribution in [2.45, 2.75) is 126 Å². The Morgan fingerprint density at radius 2 is 1.84 bits per heavy atom. The van der Waals surface area contributed by atoms with E-state index in [0.29, 0.717) is 0 Å². The second kappa shape index (κ2) is 18.1. The van der Waals surface area contributed by atoms with E-state index in [9.17, 15) is 44.7 Å². The van der Waals surface area contributed by atoms with Gasteiger partial charge in [-0.3, -0.25) is 24.0 Å². The molecule has 1 aliphatic carbocycles. The highest BCUT2D eigenvalue weighted by molar-refractivity contribution is 5.94. The van der Waals surface area contributed by atoms with Crippen molar-refractivity contribution >= 4 is 29.8 Å². The molecule has 1 aromatic rings. The average Bonchev–Trinajstić information content (AvgIpc) is 3.79. The lowest BCUT2D eigenvalue weighted by atomic mass is 9.62. The predicted molar refractivity (Wildman–Crippen MR) is 193 cm³/mol. The lowest BCUT2D eigenvalue weighted by molar-refractivity contribution is -0.298. The number of esters is 2. The van der Waals surface area contributed by atoms with Crippen LogP contribution in [-0.2, 0) is 59.0 Å². The van der Waals surface area contributed by atoms with Crippen molar-refractivity contribution < 1.29 is 78.0 Å². The van der Waals surface area contributed by atoms with Crippen molar-refractivity contribution in [1.82, 2.24) is 15.7 Å². The van der Waals surface area contributed by atoms with E-state index in [0.717, 1.165) is 11.1 Å². The third-order valence-corrected chi connectivity index (χ3v) is 10.6. The third kappa shape index (κ3) is 9.49. The number of hydrogen-bond acceptors (Lipinski definition) is 17. The van der Waals surface area contributed by atoms with Gasteiger partial charge < -0.3 is 64.6 Å². The van der Waals surface area contributed by atoms with E-state index in [1.54, 1.807) is 39.0 Å². The molecular weight excluding hydrogens is 754 g/mol. The fourth-order valence-electron chi connectivity index (χ4n) is 8.00. The molecule has 2 amide bonds. The van der Waals surface area contributed by atoms with Crippen LogP contribution in [0, 0.1) is 5.41 Å². The molecule has 1 saturated carbocycles. The Labute approximate surface area is 329 Å². The van der Waals surface area contributed by atoms with E-state index in [-0.39, 0.29) is 52.2 Å². The van der Waals surface area contributed by atoms with Crippen LogP contribution < -0.4 is 10.6 Å². The lowest BCUT2D eigenvalue weighted by Gasteiger charge is -2.48. The van der Waals surface area contributed by atoms with Crippen LogP contribution in [0.4, 0.5) is 0 Å². The van der Waals surface area contributed by atoms with Gasteiger partial charge in [0, 0.05) is 25.8 Å². The fraction of sp³-hybridized carbons (Fsp3) is 0.684. The van der Waals surface area contributed by atoms with Crippen LogP contribution >= 0.6 is 0 Å². The van der Waals surface area contributed by atoms with Gasteiger partial charge in [-0.2, -0.15) is 5.06 Å². The summed E-state index contributed by atoms with van der Waals surface area (Å²) in [6, 6.07) is 5.42. The molecule has 0 unspecified atom stereocenters. The largest absolute Gasteiger partial charge is 0.460 e. The monoisotopic (exact) mass is 807 g/mol. The second-order valence-corrected chi connectivity index (χ2v) is 15.9. The van der Waals surface area contributed by atoms with Crippen LogP contribution in [0.3, 0.4) is 0 Å². The molecule has 4 aliphatic heterocycles. The summed E-state index contributed by atoms with van der Waals surface area (Å²) in [5.74, 6) is -2.08. The summed E-state index contributed by atoms with van der Waals surface area (Å²) in [5, 5.41) is 56.3. The summed E-state index contributed by atoms with van der Waals surface area (Å²) >= 11 is 0. The number of fused-ring (bicyclic) bond motifs is 4. The van der Waals surface area contributed by atoms with Crippen LogP contribution in [0.1, 0.15) is 57.6 Å².